The lowest BCUT2D eigenvalue weighted by molar-refractivity contribution is 1.18. The Morgan fingerprint density at radius 2 is 0.760 bits per heavy atom. The molecular weight excluding hydrogens is 744 g/mol. The fourth-order valence-corrected chi connectivity index (χ4v) is 5.61. The number of hydrogen-bond donors (Lipinski definition) is 0. The topological polar surface area (TPSA) is 95.2 Å². The number of hydrogen-bond acceptors (Lipinski definition) is 4. The lowest BCUT2D eigenvalue weighted by Gasteiger charge is -2.07. The maximum Gasteiger partial charge on any atom is 0.0670 e. The third kappa shape index (κ3) is 12.7. The van der Waals surface area contributed by atoms with Crippen molar-refractivity contribution in [2.75, 3.05) is 0 Å². The molecule has 0 aliphatic heterocycles. The summed E-state index contributed by atoms with van der Waals surface area (Å²) in [7, 11) is 0. The smallest absolute Gasteiger partial charge is 0.0670 e. The van der Waals surface area contributed by atoms with E-state index in [9.17, 15) is 10.5 Å². The number of nitrogens with zero attached hydrogens (tertiary/aromatic N) is 4. The largest absolute Gasteiger partial charge is 0.198 e. The van der Waals surface area contributed by atoms with E-state index in [1.54, 1.807) is 0 Å². The van der Waals surface area contributed by atoms with Gasteiger partial charge in [0.1, 0.15) is 0 Å². The van der Waals surface area contributed by atoms with Crippen LogP contribution < -0.4 is 0 Å². The Bertz CT molecular complexity index is 2110. The van der Waals surface area contributed by atoms with Crippen LogP contribution in [0.15, 0.2) is 124 Å². The van der Waals surface area contributed by atoms with E-state index in [4.69, 9.17) is 16.9 Å². The summed E-state index contributed by atoms with van der Waals surface area (Å²) in [5.74, 6) is 15.1. The molecule has 0 heterocycles. The van der Waals surface area contributed by atoms with Crippen LogP contribution in [0.5, 0.6) is 0 Å². The summed E-state index contributed by atoms with van der Waals surface area (Å²) in [5.41, 5.74) is 7.76. The second-order valence-corrected chi connectivity index (χ2v) is 12.0. The van der Waals surface area contributed by atoms with Gasteiger partial charge in [0.15, 0.2) is 0 Å². The van der Waals surface area contributed by atoms with E-state index in [0.717, 1.165) is 59.0 Å². The number of rotatable bonds is 4. The second kappa shape index (κ2) is 21.5. The van der Waals surface area contributed by atoms with Crippen LogP contribution in [0.25, 0.3) is 0 Å². The molecular formula is C44H28Br2N4. The first-order valence-electron chi connectivity index (χ1n) is 15.2. The van der Waals surface area contributed by atoms with Crippen molar-refractivity contribution in [1.29, 1.82) is 21.0 Å². The van der Waals surface area contributed by atoms with Gasteiger partial charge in [0, 0.05) is 36.8 Å². The van der Waals surface area contributed by atoms with Crippen LogP contribution in [0.4, 0.5) is 0 Å². The van der Waals surface area contributed by atoms with Crippen molar-refractivity contribution in [3.63, 3.8) is 0 Å². The van der Waals surface area contributed by atoms with Gasteiger partial charge in [-0.15, -0.1) is 6.42 Å². The van der Waals surface area contributed by atoms with Gasteiger partial charge in [-0.25, -0.2) is 0 Å². The molecule has 0 amide bonds. The maximum atomic E-state index is 9.18. The molecule has 0 N–H and O–H groups in total. The normalized spacial score (nSPS) is 8.90. The molecule has 238 valence electrons. The molecule has 0 aromatic heterocycles. The van der Waals surface area contributed by atoms with Crippen molar-refractivity contribution < 1.29 is 0 Å². The van der Waals surface area contributed by atoms with Crippen LogP contribution in [0.2, 0.25) is 0 Å². The number of benzene rings is 5. The van der Waals surface area contributed by atoms with Gasteiger partial charge in [0.05, 0.1) is 50.0 Å². The Balaban J connectivity index is 0.000000253. The summed E-state index contributed by atoms with van der Waals surface area (Å²) in [5, 5.41) is 35.5. The van der Waals surface area contributed by atoms with Crippen molar-refractivity contribution in [2.24, 2.45) is 0 Å². The highest BCUT2D eigenvalue weighted by atomic mass is 79.9. The van der Waals surface area contributed by atoms with Crippen LogP contribution in [-0.2, 0) is 25.7 Å². The average molecular weight is 773 g/mol. The zero-order valence-corrected chi connectivity index (χ0v) is 30.1. The minimum Gasteiger partial charge on any atom is -0.198 e. The van der Waals surface area contributed by atoms with E-state index >= 15 is 0 Å². The Morgan fingerprint density at radius 1 is 0.420 bits per heavy atom. The van der Waals surface area contributed by atoms with Gasteiger partial charge in [0.25, 0.3) is 0 Å². The third-order valence-electron chi connectivity index (χ3n) is 6.79. The van der Waals surface area contributed by atoms with Crippen LogP contribution in [0, 0.1) is 81.3 Å². The lowest BCUT2D eigenvalue weighted by Crippen LogP contribution is -1.97. The zero-order valence-electron chi connectivity index (χ0n) is 26.9. The van der Waals surface area contributed by atoms with Crippen LogP contribution in [0.3, 0.4) is 0 Å². The van der Waals surface area contributed by atoms with E-state index in [2.05, 4.69) is 85.7 Å². The van der Waals surface area contributed by atoms with Gasteiger partial charge < -0.3 is 0 Å². The molecule has 0 spiro atoms. The van der Waals surface area contributed by atoms with Gasteiger partial charge in [-0.3, -0.25) is 0 Å². The first-order valence-corrected chi connectivity index (χ1v) is 16.8. The first kappa shape index (κ1) is 38.2. The van der Waals surface area contributed by atoms with Crippen molar-refractivity contribution in [1.82, 2.24) is 0 Å². The lowest BCUT2D eigenvalue weighted by atomic mass is 9.95. The molecule has 6 heteroatoms. The van der Waals surface area contributed by atoms with E-state index in [1.807, 2.05) is 115 Å². The third-order valence-corrected chi connectivity index (χ3v) is 8.27. The molecule has 5 aromatic rings. The number of nitriles is 4. The standard InChI is InChI=1S/C26H16N2.C10H6Br2N2.C8H6/c27-17-15-25-20-26(16-18-28)24(14-12-22-9-5-2-6-10-22)19-23(25)13-11-21-7-3-1-4-8-21;11-9-6-10(12)8(2-4-14)5-7(9)1-3-13;1-2-8-6-4-3-5-7-8/h1-10,19-20H,15-16H2;5-6H,1-2H2;1,3-7H. The Morgan fingerprint density at radius 3 is 1.10 bits per heavy atom. The Hall–Kier alpha value is -6.30. The van der Waals surface area contributed by atoms with Gasteiger partial charge in [-0.2, -0.15) is 21.0 Å². The van der Waals surface area contributed by atoms with Crippen molar-refractivity contribution in [2.45, 2.75) is 25.7 Å². The van der Waals surface area contributed by atoms with Crippen molar-refractivity contribution in [3.05, 3.63) is 174 Å². The summed E-state index contributed by atoms with van der Waals surface area (Å²) < 4.78 is 1.79. The van der Waals surface area contributed by atoms with E-state index in [0.29, 0.717) is 12.8 Å². The van der Waals surface area contributed by atoms with Gasteiger partial charge >= 0.3 is 0 Å². The van der Waals surface area contributed by atoms with E-state index < -0.39 is 0 Å². The Kier molecular flexibility index (Phi) is 16.4. The molecule has 5 aromatic carbocycles. The fourth-order valence-electron chi connectivity index (χ4n) is 4.33. The fraction of sp³-hybridized carbons (Fsp3) is 0.0909. The SMILES string of the molecule is C#Cc1ccccc1.N#CCc1cc(CC#N)c(Br)cc1Br.N#CCc1cc(CC#N)c(C#Cc2ccccc2)cc1C#Cc1ccccc1. The predicted octanol–water partition coefficient (Wildman–Crippen LogP) is 9.63. The van der Waals surface area contributed by atoms with Gasteiger partial charge in [0.2, 0.25) is 0 Å². The van der Waals surface area contributed by atoms with Gasteiger partial charge in [-0.05, 0) is 70.8 Å². The highest BCUT2D eigenvalue weighted by Gasteiger charge is 2.08. The average Bonchev–Trinajstić information content (AvgIpc) is 3.15. The number of halogens is 2. The maximum absolute atomic E-state index is 9.18. The highest BCUT2D eigenvalue weighted by molar-refractivity contribution is 9.11. The zero-order chi connectivity index (χ0) is 36.0. The molecule has 0 aliphatic rings. The van der Waals surface area contributed by atoms with Crippen LogP contribution >= 0.6 is 31.9 Å². The molecule has 0 bridgehead atoms. The van der Waals surface area contributed by atoms with Gasteiger partial charge in [-0.1, -0.05) is 128 Å². The second-order valence-electron chi connectivity index (χ2n) is 10.3. The summed E-state index contributed by atoms with van der Waals surface area (Å²) in [4.78, 5) is 0. The first-order chi connectivity index (χ1) is 24.4. The van der Waals surface area contributed by atoms with E-state index in [1.165, 1.54) is 0 Å². The van der Waals surface area contributed by atoms with Crippen LogP contribution in [0.1, 0.15) is 50.1 Å². The van der Waals surface area contributed by atoms with Crippen molar-refractivity contribution >= 4 is 31.9 Å². The molecule has 50 heavy (non-hydrogen) atoms. The molecule has 0 fully saturated rings. The molecule has 0 saturated carbocycles. The molecule has 0 atom stereocenters. The molecule has 4 nitrogen and oxygen atoms in total. The van der Waals surface area contributed by atoms with Crippen LogP contribution in [-0.4, -0.2) is 0 Å². The monoisotopic (exact) mass is 770 g/mol. The molecule has 0 saturated heterocycles. The summed E-state index contributed by atoms with van der Waals surface area (Å²) >= 11 is 6.74. The molecule has 5 rings (SSSR count). The van der Waals surface area contributed by atoms with Crippen molar-refractivity contribution in [3.8, 4) is 60.3 Å². The summed E-state index contributed by atoms with van der Waals surface area (Å²) in [6.45, 7) is 0. The molecule has 0 unspecified atom stereocenters. The molecule has 0 aliphatic carbocycles. The summed E-state index contributed by atoms with van der Waals surface area (Å²) in [6, 6.07) is 45.1. The highest BCUT2D eigenvalue weighted by Crippen LogP contribution is 2.27. The predicted molar refractivity (Wildman–Crippen MR) is 205 cm³/mol. The minimum atomic E-state index is 0.240. The quantitative estimate of drug-likeness (QED) is 0.170. The minimum absolute atomic E-state index is 0.240. The summed E-state index contributed by atoms with van der Waals surface area (Å²) in [6.07, 6.45) is 6.29. The number of terminal acetylenes is 1. The Labute approximate surface area is 311 Å². The molecule has 0 radical (unpaired) electrons. The van der Waals surface area contributed by atoms with E-state index in [-0.39, 0.29) is 12.8 Å².